The van der Waals surface area contributed by atoms with Crippen LogP contribution in [0.25, 0.3) is 0 Å². The fourth-order valence-corrected chi connectivity index (χ4v) is 0.673. The van der Waals surface area contributed by atoms with Crippen molar-refractivity contribution in [1.29, 1.82) is 0 Å². The van der Waals surface area contributed by atoms with Crippen LogP contribution in [0.3, 0.4) is 0 Å². The van der Waals surface area contributed by atoms with E-state index >= 15 is 0 Å². The average molecular weight is 176 g/mol. The number of nitrogens with zero attached hydrogens (tertiary/aromatic N) is 1. The van der Waals surface area contributed by atoms with Crippen LogP contribution in [0.5, 0.6) is 0 Å². The standard InChI is InChI=1S/C7H16N2OS/c1-7(2)5-6-9(3)11(4,8)10/h5-7H,4H2,1-3H3,(H2,8,10)/b6-5-. The lowest BCUT2D eigenvalue weighted by atomic mass is 10.2. The molecular formula is C7H16N2OS. The summed E-state index contributed by atoms with van der Waals surface area (Å²) in [6, 6.07) is 0. The van der Waals surface area contributed by atoms with E-state index in [0.29, 0.717) is 5.92 Å². The predicted molar refractivity (Wildman–Crippen MR) is 51.2 cm³/mol. The van der Waals surface area contributed by atoms with Crippen molar-refractivity contribution in [2.45, 2.75) is 13.8 Å². The van der Waals surface area contributed by atoms with Crippen LogP contribution in [0.1, 0.15) is 13.8 Å². The van der Waals surface area contributed by atoms with Gasteiger partial charge in [-0.15, -0.1) is 0 Å². The first-order chi connectivity index (χ1) is 4.84. The maximum absolute atomic E-state index is 11.0. The zero-order valence-corrected chi connectivity index (χ0v) is 8.10. The largest absolute Gasteiger partial charge is 0.299 e. The Morgan fingerprint density at radius 2 is 2.09 bits per heavy atom. The second-order valence-electron chi connectivity index (χ2n) is 2.82. The molecule has 0 rings (SSSR count). The van der Waals surface area contributed by atoms with Crippen LogP contribution >= 0.6 is 0 Å². The van der Waals surface area contributed by atoms with Crippen LogP contribution in [-0.2, 0) is 9.89 Å². The summed E-state index contributed by atoms with van der Waals surface area (Å²) >= 11 is 0. The maximum atomic E-state index is 11.0. The summed E-state index contributed by atoms with van der Waals surface area (Å²) in [5, 5.41) is 5.26. The Labute approximate surface area is 69.2 Å². The molecule has 2 N–H and O–H groups in total. The highest BCUT2D eigenvalue weighted by Crippen LogP contribution is 1.97. The monoisotopic (exact) mass is 176 g/mol. The van der Waals surface area contributed by atoms with Crippen LogP contribution in [0.15, 0.2) is 12.3 Å². The minimum Gasteiger partial charge on any atom is -0.299 e. The van der Waals surface area contributed by atoms with Crippen molar-refractivity contribution in [3.05, 3.63) is 12.3 Å². The molecule has 0 heterocycles. The minimum absolute atomic E-state index is 0.430. The highest BCUT2D eigenvalue weighted by atomic mass is 32.2. The van der Waals surface area contributed by atoms with Gasteiger partial charge >= 0.3 is 0 Å². The molecule has 0 amide bonds. The molecule has 0 aromatic carbocycles. The van der Waals surface area contributed by atoms with Gasteiger partial charge in [-0.1, -0.05) is 19.9 Å². The molecule has 0 aliphatic carbocycles. The molecule has 0 fully saturated rings. The Bertz CT molecular complexity index is 229. The summed E-state index contributed by atoms with van der Waals surface area (Å²) in [4.78, 5) is 0. The number of nitrogens with two attached hydrogens (primary N) is 1. The molecule has 0 aromatic heterocycles. The quantitative estimate of drug-likeness (QED) is 0.629. The Morgan fingerprint density at radius 3 is 2.36 bits per heavy atom. The van der Waals surface area contributed by atoms with Gasteiger partial charge in [0, 0.05) is 13.2 Å². The van der Waals surface area contributed by atoms with Gasteiger partial charge in [-0.05, 0) is 11.8 Å². The summed E-state index contributed by atoms with van der Waals surface area (Å²) < 4.78 is 12.5. The number of allylic oxidation sites excluding steroid dienone is 1. The minimum atomic E-state index is -2.55. The van der Waals surface area contributed by atoms with Crippen molar-refractivity contribution >= 4 is 15.8 Å². The van der Waals surface area contributed by atoms with E-state index in [-0.39, 0.29) is 0 Å². The van der Waals surface area contributed by atoms with Gasteiger partial charge in [0.15, 0.2) is 0 Å². The van der Waals surface area contributed by atoms with Crippen molar-refractivity contribution < 1.29 is 4.21 Å². The third-order valence-corrected chi connectivity index (χ3v) is 2.27. The number of hydrogen-bond acceptors (Lipinski definition) is 1. The first kappa shape index (κ1) is 10.5. The smallest absolute Gasteiger partial charge is 0.106 e. The first-order valence-corrected chi connectivity index (χ1v) is 5.15. The molecular weight excluding hydrogens is 160 g/mol. The molecule has 0 spiro atoms. The molecule has 0 aliphatic heterocycles. The third-order valence-electron chi connectivity index (χ3n) is 1.17. The molecule has 1 unspecified atom stereocenters. The molecule has 0 bridgehead atoms. The van der Waals surface area contributed by atoms with Gasteiger partial charge < -0.3 is 0 Å². The normalized spacial score (nSPS) is 17.2. The van der Waals surface area contributed by atoms with Crippen molar-refractivity contribution in [2.75, 3.05) is 7.05 Å². The van der Waals surface area contributed by atoms with Crippen LogP contribution in [0.2, 0.25) is 0 Å². The van der Waals surface area contributed by atoms with E-state index in [1.807, 2.05) is 19.9 Å². The first-order valence-electron chi connectivity index (χ1n) is 3.40. The molecule has 66 valence electrons. The average Bonchev–Trinajstić information content (AvgIpc) is 1.80. The molecule has 0 aliphatic rings. The molecule has 0 saturated carbocycles. The van der Waals surface area contributed by atoms with Crippen molar-refractivity contribution in [3.8, 4) is 0 Å². The van der Waals surface area contributed by atoms with Crippen molar-refractivity contribution in [3.63, 3.8) is 0 Å². The van der Waals surface area contributed by atoms with Gasteiger partial charge in [0.2, 0.25) is 0 Å². The SMILES string of the molecule is C=S(N)(=O)N(C)/C=C\C(C)C. The zero-order chi connectivity index (χ0) is 9.07. The van der Waals surface area contributed by atoms with Gasteiger partial charge in [0.25, 0.3) is 0 Å². The second kappa shape index (κ2) is 3.78. The van der Waals surface area contributed by atoms with Gasteiger partial charge in [0.1, 0.15) is 9.89 Å². The second-order valence-corrected chi connectivity index (χ2v) is 4.78. The van der Waals surface area contributed by atoms with Gasteiger partial charge in [-0.3, -0.25) is 4.31 Å². The van der Waals surface area contributed by atoms with E-state index in [1.165, 1.54) is 4.31 Å². The topological polar surface area (TPSA) is 46.3 Å². The van der Waals surface area contributed by atoms with E-state index in [2.05, 4.69) is 5.87 Å². The number of rotatable bonds is 3. The van der Waals surface area contributed by atoms with Crippen LogP contribution in [-0.4, -0.2) is 21.4 Å². The Kier molecular flexibility index (Phi) is 3.62. The van der Waals surface area contributed by atoms with Gasteiger partial charge in [-0.2, -0.15) is 0 Å². The van der Waals surface area contributed by atoms with E-state index in [4.69, 9.17) is 5.14 Å². The molecule has 4 heteroatoms. The van der Waals surface area contributed by atoms with Crippen LogP contribution < -0.4 is 5.14 Å². The third kappa shape index (κ3) is 4.86. The molecule has 0 saturated heterocycles. The van der Waals surface area contributed by atoms with Crippen LogP contribution in [0, 0.1) is 5.92 Å². The molecule has 1 atom stereocenters. The van der Waals surface area contributed by atoms with E-state index < -0.39 is 9.89 Å². The van der Waals surface area contributed by atoms with E-state index in [9.17, 15) is 4.21 Å². The zero-order valence-electron chi connectivity index (χ0n) is 7.28. The predicted octanol–water partition coefficient (Wildman–Crippen LogP) is 0.593. The Morgan fingerprint density at radius 1 is 1.64 bits per heavy atom. The lowest BCUT2D eigenvalue weighted by Crippen LogP contribution is -2.28. The van der Waals surface area contributed by atoms with Gasteiger partial charge in [-0.25, -0.2) is 9.35 Å². The summed E-state index contributed by atoms with van der Waals surface area (Å²) in [6.45, 7) is 4.07. The summed E-state index contributed by atoms with van der Waals surface area (Å²) in [6.07, 6.45) is 3.61. The van der Waals surface area contributed by atoms with Gasteiger partial charge in [0.05, 0.1) is 0 Å². The fourth-order valence-electron chi connectivity index (χ4n) is 0.396. The summed E-state index contributed by atoms with van der Waals surface area (Å²) in [5.74, 6) is 3.76. The number of hydrogen-bond donors (Lipinski definition) is 1. The van der Waals surface area contributed by atoms with Crippen molar-refractivity contribution in [2.24, 2.45) is 11.1 Å². The lowest BCUT2D eigenvalue weighted by molar-refractivity contribution is 0.623. The summed E-state index contributed by atoms with van der Waals surface area (Å²) in [7, 11) is -0.905. The van der Waals surface area contributed by atoms with E-state index in [1.54, 1.807) is 13.2 Å². The molecule has 3 nitrogen and oxygen atoms in total. The van der Waals surface area contributed by atoms with E-state index in [0.717, 1.165) is 0 Å². The molecule has 0 radical (unpaired) electrons. The highest BCUT2D eigenvalue weighted by molar-refractivity contribution is 7.96. The lowest BCUT2D eigenvalue weighted by Gasteiger charge is -2.14. The Hall–Kier alpha value is -0.480. The van der Waals surface area contributed by atoms with Crippen LogP contribution in [0.4, 0.5) is 0 Å². The molecule has 11 heavy (non-hydrogen) atoms. The fraction of sp³-hybridized carbons (Fsp3) is 0.571. The Balaban J connectivity index is 4.20. The molecule has 0 aromatic rings. The highest BCUT2D eigenvalue weighted by Gasteiger charge is 1.97. The van der Waals surface area contributed by atoms with Crippen molar-refractivity contribution in [1.82, 2.24) is 4.31 Å². The maximum Gasteiger partial charge on any atom is 0.106 e. The summed E-state index contributed by atoms with van der Waals surface area (Å²) in [5.41, 5.74) is 0.